The van der Waals surface area contributed by atoms with Gasteiger partial charge in [-0.05, 0) is 50.6 Å². The maximum Gasteiger partial charge on any atom is 0.251 e. The Bertz CT molecular complexity index is 729. The third kappa shape index (κ3) is 5.27. The van der Waals surface area contributed by atoms with Crippen LogP contribution in [0.15, 0.2) is 29.2 Å². The normalized spacial score (nSPS) is 20.8. The molecule has 2 atom stereocenters. The van der Waals surface area contributed by atoms with Gasteiger partial charge in [-0.1, -0.05) is 0 Å². The summed E-state index contributed by atoms with van der Waals surface area (Å²) in [6.45, 7) is 2.94. The van der Waals surface area contributed by atoms with Gasteiger partial charge in [0.2, 0.25) is 5.91 Å². The Balaban J connectivity index is 2.03. The molecule has 1 aromatic carbocycles. The fourth-order valence-corrected chi connectivity index (χ4v) is 4.02. The second kappa shape index (κ2) is 7.97. The molecule has 2 rings (SSSR count). The van der Waals surface area contributed by atoms with Gasteiger partial charge in [-0.15, -0.1) is 0 Å². The van der Waals surface area contributed by atoms with Crippen LogP contribution in [0.1, 0.15) is 30.1 Å². The van der Waals surface area contributed by atoms with Gasteiger partial charge in [-0.25, -0.2) is 8.42 Å². The minimum atomic E-state index is -3.71. The summed E-state index contributed by atoms with van der Waals surface area (Å²) >= 11 is 0. The van der Waals surface area contributed by atoms with Crippen molar-refractivity contribution in [3.8, 4) is 0 Å². The molecule has 138 valence electrons. The number of sulfone groups is 1. The van der Waals surface area contributed by atoms with Crippen LogP contribution in [0, 0.1) is 0 Å². The van der Waals surface area contributed by atoms with Gasteiger partial charge in [-0.2, -0.15) is 0 Å². The number of carbonyl (C=O) groups is 2. The fourth-order valence-electron chi connectivity index (χ4n) is 2.72. The Kier molecular flexibility index (Phi) is 6.18. The summed E-state index contributed by atoms with van der Waals surface area (Å²) in [7, 11) is -0.699. The standard InChI is InChI=1S/C17H25N3O4S/c1-12-10-14(8-9-18-12)19-17(22)13-4-6-15(7-5-13)25(23,24)11-16(21)20(2)3/h4-7,12,14,18H,8-11H2,1-3H3,(H,19,22). The van der Waals surface area contributed by atoms with Crippen LogP contribution in [0.4, 0.5) is 0 Å². The molecule has 25 heavy (non-hydrogen) atoms. The average Bonchev–Trinajstić information content (AvgIpc) is 2.54. The molecule has 1 aromatic rings. The van der Waals surface area contributed by atoms with Gasteiger partial charge < -0.3 is 15.5 Å². The van der Waals surface area contributed by atoms with E-state index in [4.69, 9.17) is 0 Å². The van der Waals surface area contributed by atoms with Crippen LogP contribution in [0.5, 0.6) is 0 Å². The van der Waals surface area contributed by atoms with E-state index in [1.807, 2.05) is 0 Å². The summed E-state index contributed by atoms with van der Waals surface area (Å²) in [5, 5.41) is 6.31. The van der Waals surface area contributed by atoms with Crippen molar-refractivity contribution in [2.45, 2.75) is 36.7 Å². The minimum Gasteiger partial charge on any atom is -0.349 e. The van der Waals surface area contributed by atoms with Crippen LogP contribution in [0.25, 0.3) is 0 Å². The van der Waals surface area contributed by atoms with Gasteiger partial charge >= 0.3 is 0 Å². The van der Waals surface area contributed by atoms with Crippen LogP contribution in [0.3, 0.4) is 0 Å². The number of amides is 2. The number of hydrogen-bond acceptors (Lipinski definition) is 5. The molecule has 8 heteroatoms. The minimum absolute atomic E-state index is 0.0368. The van der Waals surface area contributed by atoms with E-state index < -0.39 is 21.5 Å². The maximum absolute atomic E-state index is 12.3. The van der Waals surface area contributed by atoms with E-state index in [1.165, 1.54) is 43.3 Å². The molecular weight excluding hydrogens is 342 g/mol. The van der Waals surface area contributed by atoms with E-state index in [0.29, 0.717) is 11.6 Å². The highest BCUT2D eigenvalue weighted by atomic mass is 32.2. The van der Waals surface area contributed by atoms with Crippen LogP contribution in [0.2, 0.25) is 0 Å². The highest BCUT2D eigenvalue weighted by molar-refractivity contribution is 7.92. The van der Waals surface area contributed by atoms with Gasteiger partial charge in [0.25, 0.3) is 5.91 Å². The third-order valence-corrected chi connectivity index (χ3v) is 5.86. The molecule has 0 aliphatic carbocycles. The van der Waals surface area contributed by atoms with Crippen molar-refractivity contribution in [2.24, 2.45) is 0 Å². The van der Waals surface area contributed by atoms with Gasteiger partial charge in [-0.3, -0.25) is 9.59 Å². The second-order valence-corrected chi connectivity index (χ2v) is 8.61. The summed E-state index contributed by atoms with van der Waals surface area (Å²) < 4.78 is 24.5. The van der Waals surface area contributed by atoms with Crippen molar-refractivity contribution in [1.82, 2.24) is 15.5 Å². The van der Waals surface area contributed by atoms with E-state index in [2.05, 4.69) is 17.6 Å². The topological polar surface area (TPSA) is 95.6 Å². The highest BCUT2D eigenvalue weighted by Gasteiger charge is 2.22. The summed E-state index contributed by atoms with van der Waals surface area (Å²) in [5.41, 5.74) is 0.407. The Hall–Kier alpha value is -1.93. The lowest BCUT2D eigenvalue weighted by molar-refractivity contribution is -0.125. The quantitative estimate of drug-likeness (QED) is 0.786. The maximum atomic E-state index is 12.3. The largest absolute Gasteiger partial charge is 0.349 e. The van der Waals surface area contributed by atoms with Gasteiger partial charge in [0.1, 0.15) is 5.75 Å². The first-order valence-corrected chi connectivity index (χ1v) is 9.91. The first-order valence-electron chi connectivity index (χ1n) is 8.26. The van der Waals surface area contributed by atoms with Gasteiger partial charge in [0.05, 0.1) is 4.90 Å². The van der Waals surface area contributed by atoms with Crippen molar-refractivity contribution in [3.05, 3.63) is 29.8 Å². The van der Waals surface area contributed by atoms with Crippen LogP contribution >= 0.6 is 0 Å². The average molecular weight is 367 g/mol. The lowest BCUT2D eigenvalue weighted by atomic mass is 10.0. The molecule has 1 aliphatic rings. The molecular formula is C17H25N3O4S. The molecule has 1 fully saturated rings. The Morgan fingerprint density at radius 1 is 1.24 bits per heavy atom. The van der Waals surface area contributed by atoms with Crippen molar-refractivity contribution >= 4 is 21.7 Å². The molecule has 0 spiro atoms. The summed E-state index contributed by atoms with van der Waals surface area (Å²) in [6, 6.07) is 6.18. The SMILES string of the molecule is CC1CC(NC(=O)c2ccc(S(=O)(=O)CC(=O)N(C)C)cc2)CCN1. The number of nitrogens with zero attached hydrogens (tertiary/aromatic N) is 1. The summed E-state index contributed by atoms with van der Waals surface area (Å²) in [5.74, 6) is -1.28. The van der Waals surface area contributed by atoms with Crippen molar-refractivity contribution in [1.29, 1.82) is 0 Å². The first kappa shape index (κ1) is 19.4. The zero-order chi connectivity index (χ0) is 18.6. The van der Waals surface area contributed by atoms with E-state index in [0.717, 1.165) is 19.4 Å². The number of benzene rings is 1. The monoisotopic (exact) mass is 367 g/mol. The Morgan fingerprint density at radius 2 is 1.88 bits per heavy atom. The number of piperidine rings is 1. The first-order chi connectivity index (χ1) is 11.7. The molecule has 0 radical (unpaired) electrons. The van der Waals surface area contributed by atoms with Gasteiger partial charge in [0, 0.05) is 31.7 Å². The van der Waals surface area contributed by atoms with Crippen LogP contribution in [-0.4, -0.2) is 63.6 Å². The number of rotatable bonds is 5. The zero-order valence-electron chi connectivity index (χ0n) is 14.8. The molecule has 7 nitrogen and oxygen atoms in total. The number of nitrogens with one attached hydrogen (secondary N) is 2. The molecule has 0 aromatic heterocycles. The van der Waals surface area contributed by atoms with Crippen molar-refractivity contribution in [3.63, 3.8) is 0 Å². The van der Waals surface area contributed by atoms with Crippen LogP contribution < -0.4 is 10.6 Å². The van der Waals surface area contributed by atoms with Crippen molar-refractivity contribution < 1.29 is 18.0 Å². The molecule has 1 saturated heterocycles. The number of carbonyl (C=O) groups excluding carboxylic acids is 2. The predicted octanol–water partition coefficient (Wildman–Crippen LogP) is 0.419. The summed E-state index contributed by atoms with van der Waals surface area (Å²) in [4.78, 5) is 25.2. The molecule has 2 N–H and O–H groups in total. The lowest BCUT2D eigenvalue weighted by Gasteiger charge is -2.28. The molecule has 2 unspecified atom stereocenters. The molecule has 0 saturated carbocycles. The molecule has 1 heterocycles. The Labute approximate surface area is 148 Å². The zero-order valence-corrected chi connectivity index (χ0v) is 15.6. The van der Waals surface area contributed by atoms with E-state index >= 15 is 0 Å². The van der Waals surface area contributed by atoms with Crippen molar-refractivity contribution in [2.75, 3.05) is 26.4 Å². The van der Waals surface area contributed by atoms with E-state index in [-0.39, 0.29) is 16.8 Å². The lowest BCUT2D eigenvalue weighted by Crippen LogP contribution is -2.46. The smallest absolute Gasteiger partial charge is 0.251 e. The van der Waals surface area contributed by atoms with Gasteiger partial charge in [0.15, 0.2) is 9.84 Å². The van der Waals surface area contributed by atoms with E-state index in [1.54, 1.807) is 0 Å². The molecule has 0 bridgehead atoms. The second-order valence-electron chi connectivity index (χ2n) is 6.62. The Morgan fingerprint density at radius 3 is 2.44 bits per heavy atom. The number of hydrogen-bond donors (Lipinski definition) is 2. The molecule has 2 amide bonds. The summed E-state index contributed by atoms with van der Waals surface area (Å²) in [6.07, 6.45) is 1.74. The third-order valence-electron chi connectivity index (χ3n) is 4.25. The van der Waals surface area contributed by atoms with Crippen LogP contribution in [-0.2, 0) is 14.6 Å². The predicted molar refractivity (Wildman–Crippen MR) is 95.1 cm³/mol. The highest BCUT2D eigenvalue weighted by Crippen LogP contribution is 2.14. The molecule has 1 aliphatic heterocycles. The van der Waals surface area contributed by atoms with E-state index in [9.17, 15) is 18.0 Å². The fraction of sp³-hybridized carbons (Fsp3) is 0.529.